The standard InChI is InChI=1S/C29H26FN3O5S/c30-22-9-3-1-8-21(22)19-38-25-12-6-2-7-20(25)17-26-28(35)33(29(36)39-26)18-27(34)31-23-10-4-5-11-24(23)32-13-15-37-16-14-32/h1-12,17H,13-16,18-19H2,(H,31,34)/b26-17+. The van der Waals surface area contributed by atoms with Crippen LogP contribution in [0.15, 0.2) is 77.7 Å². The summed E-state index contributed by atoms with van der Waals surface area (Å²) in [5.74, 6) is -0.981. The third-order valence-electron chi connectivity index (χ3n) is 6.25. The van der Waals surface area contributed by atoms with Crippen LogP contribution in [-0.2, 0) is 20.9 Å². The molecule has 2 aliphatic heterocycles. The van der Waals surface area contributed by atoms with Crippen molar-refractivity contribution in [3.63, 3.8) is 0 Å². The van der Waals surface area contributed by atoms with Crippen molar-refractivity contribution in [3.05, 3.63) is 94.6 Å². The molecule has 2 heterocycles. The lowest BCUT2D eigenvalue weighted by atomic mass is 10.1. The minimum absolute atomic E-state index is 0.00506. The molecule has 5 rings (SSSR count). The van der Waals surface area contributed by atoms with Gasteiger partial charge in [0.05, 0.1) is 29.5 Å². The molecule has 1 N–H and O–H groups in total. The van der Waals surface area contributed by atoms with E-state index in [1.54, 1.807) is 54.6 Å². The lowest BCUT2D eigenvalue weighted by Gasteiger charge is -2.30. The van der Waals surface area contributed by atoms with E-state index in [2.05, 4.69) is 10.2 Å². The van der Waals surface area contributed by atoms with Crippen LogP contribution < -0.4 is 15.0 Å². The van der Waals surface area contributed by atoms with Gasteiger partial charge in [-0.25, -0.2) is 4.39 Å². The highest BCUT2D eigenvalue weighted by Crippen LogP contribution is 2.34. The number of ether oxygens (including phenoxy) is 2. The minimum atomic E-state index is -0.564. The van der Waals surface area contributed by atoms with Crippen LogP contribution in [0.5, 0.6) is 5.75 Å². The van der Waals surface area contributed by atoms with Gasteiger partial charge in [-0.3, -0.25) is 19.3 Å². The molecule has 3 aromatic carbocycles. The van der Waals surface area contributed by atoms with Gasteiger partial charge in [0.2, 0.25) is 5.91 Å². The Kier molecular flexibility index (Phi) is 8.24. The monoisotopic (exact) mass is 547 g/mol. The normalized spacial score (nSPS) is 16.6. The average Bonchev–Trinajstić information content (AvgIpc) is 3.21. The maximum Gasteiger partial charge on any atom is 0.294 e. The SMILES string of the molecule is O=C(CN1C(=O)S/C(=C/c2ccccc2OCc2ccccc2F)C1=O)Nc1ccccc1N1CCOCC1. The van der Waals surface area contributed by atoms with Gasteiger partial charge in [-0.15, -0.1) is 0 Å². The first-order valence-electron chi connectivity index (χ1n) is 12.4. The molecule has 2 fully saturated rings. The number of rotatable bonds is 8. The van der Waals surface area contributed by atoms with E-state index >= 15 is 0 Å². The quantitative estimate of drug-likeness (QED) is 0.401. The fraction of sp³-hybridized carbons (Fsp3) is 0.207. The Morgan fingerprint density at radius 3 is 2.54 bits per heavy atom. The van der Waals surface area contributed by atoms with Crippen molar-refractivity contribution >= 4 is 46.3 Å². The molecule has 0 spiro atoms. The van der Waals surface area contributed by atoms with Crippen LogP contribution in [-0.4, -0.2) is 54.8 Å². The Morgan fingerprint density at radius 2 is 1.72 bits per heavy atom. The fourth-order valence-electron chi connectivity index (χ4n) is 4.27. The number of para-hydroxylation sites is 3. The Morgan fingerprint density at radius 1 is 1.00 bits per heavy atom. The molecular weight excluding hydrogens is 521 g/mol. The second-order valence-electron chi connectivity index (χ2n) is 8.85. The summed E-state index contributed by atoms with van der Waals surface area (Å²) in [6.07, 6.45) is 1.55. The van der Waals surface area contributed by atoms with E-state index in [9.17, 15) is 18.8 Å². The van der Waals surface area contributed by atoms with Crippen LogP contribution in [0.3, 0.4) is 0 Å². The molecule has 3 aromatic rings. The third-order valence-corrected chi connectivity index (χ3v) is 7.16. The van der Waals surface area contributed by atoms with Crippen molar-refractivity contribution < 1.29 is 28.2 Å². The van der Waals surface area contributed by atoms with Crippen molar-refractivity contribution in [2.45, 2.75) is 6.61 Å². The summed E-state index contributed by atoms with van der Waals surface area (Å²) in [6, 6.07) is 20.7. The number of benzene rings is 3. The number of thioether (sulfide) groups is 1. The molecule has 10 heteroatoms. The largest absolute Gasteiger partial charge is 0.488 e. The summed E-state index contributed by atoms with van der Waals surface area (Å²) in [4.78, 5) is 41.8. The van der Waals surface area contributed by atoms with E-state index in [4.69, 9.17) is 9.47 Å². The van der Waals surface area contributed by atoms with Gasteiger partial charge in [0.1, 0.15) is 24.7 Å². The predicted molar refractivity (Wildman–Crippen MR) is 148 cm³/mol. The van der Waals surface area contributed by atoms with Crippen molar-refractivity contribution in [2.75, 3.05) is 43.1 Å². The highest BCUT2D eigenvalue weighted by molar-refractivity contribution is 8.18. The molecule has 0 saturated carbocycles. The summed E-state index contributed by atoms with van der Waals surface area (Å²) >= 11 is 0.757. The summed E-state index contributed by atoms with van der Waals surface area (Å²) in [6.45, 7) is 2.19. The molecule has 3 amide bonds. The van der Waals surface area contributed by atoms with Gasteiger partial charge >= 0.3 is 0 Å². The summed E-state index contributed by atoms with van der Waals surface area (Å²) < 4.78 is 25.2. The van der Waals surface area contributed by atoms with Crippen molar-refractivity contribution in [1.29, 1.82) is 0 Å². The number of amides is 3. The van der Waals surface area contributed by atoms with E-state index < -0.39 is 23.6 Å². The van der Waals surface area contributed by atoms with Gasteiger partial charge in [0.25, 0.3) is 11.1 Å². The Labute approximate surface area is 229 Å². The van der Waals surface area contributed by atoms with Crippen molar-refractivity contribution in [3.8, 4) is 5.75 Å². The van der Waals surface area contributed by atoms with E-state index in [0.29, 0.717) is 48.9 Å². The Bertz CT molecular complexity index is 1420. The molecule has 39 heavy (non-hydrogen) atoms. The Balaban J connectivity index is 1.26. The molecule has 0 aliphatic carbocycles. The van der Waals surface area contributed by atoms with Crippen LogP contribution in [0.1, 0.15) is 11.1 Å². The number of carbonyl (C=O) groups is 3. The van der Waals surface area contributed by atoms with E-state index in [0.717, 1.165) is 22.3 Å². The number of halogens is 1. The number of hydrogen-bond acceptors (Lipinski definition) is 7. The van der Waals surface area contributed by atoms with Crippen molar-refractivity contribution in [2.24, 2.45) is 0 Å². The van der Waals surface area contributed by atoms with Gasteiger partial charge in [-0.1, -0.05) is 48.5 Å². The van der Waals surface area contributed by atoms with Gasteiger partial charge in [-0.2, -0.15) is 0 Å². The molecule has 0 bridgehead atoms. The van der Waals surface area contributed by atoms with Gasteiger partial charge in [0, 0.05) is 24.2 Å². The topological polar surface area (TPSA) is 88.2 Å². The number of hydrogen-bond donors (Lipinski definition) is 1. The molecule has 8 nitrogen and oxygen atoms in total. The van der Waals surface area contributed by atoms with Gasteiger partial charge in [-0.05, 0) is 42.1 Å². The number of anilines is 2. The van der Waals surface area contributed by atoms with Crippen molar-refractivity contribution in [1.82, 2.24) is 4.90 Å². The number of nitrogens with one attached hydrogen (secondary N) is 1. The highest BCUT2D eigenvalue weighted by atomic mass is 32.2. The lowest BCUT2D eigenvalue weighted by molar-refractivity contribution is -0.127. The smallest absolute Gasteiger partial charge is 0.294 e. The van der Waals surface area contributed by atoms with Crippen LogP contribution in [0.2, 0.25) is 0 Å². The lowest BCUT2D eigenvalue weighted by Crippen LogP contribution is -2.38. The molecule has 0 unspecified atom stereocenters. The number of carbonyl (C=O) groups excluding carboxylic acids is 3. The van der Waals surface area contributed by atoms with Gasteiger partial charge in [0.15, 0.2) is 0 Å². The first kappa shape index (κ1) is 26.5. The average molecular weight is 548 g/mol. The molecule has 0 atom stereocenters. The molecule has 200 valence electrons. The van der Waals surface area contributed by atoms with Crippen LogP contribution in [0.4, 0.5) is 20.6 Å². The van der Waals surface area contributed by atoms with Gasteiger partial charge < -0.3 is 19.7 Å². The highest BCUT2D eigenvalue weighted by Gasteiger charge is 2.36. The second-order valence-corrected chi connectivity index (χ2v) is 9.84. The third kappa shape index (κ3) is 6.30. The zero-order chi connectivity index (χ0) is 27.2. The number of nitrogens with zero attached hydrogens (tertiary/aromatic N) is 2. The summed E-state index contributed by atoms with van der Waals surface area (Å²) in [5.41, 5.74) is 2.42. The summed E-state index contributed by atoms with van der Waals surface area (Å²) in [5, 5.41) is 2.30. The first-order valence-corrected chi connectivity index (χ1v) is 13.2. The molecular formula is C29H26FN3O5S. The van der Waals surface area contributed by atoms with Crippen LogP contribution in [0, 0.1) is 5.82 Å². The Hall–Kier alpha value is -4.15. The fourth-order valence-corrected chi connectivity index (χ4v) is 5.10. The number of morpholine rings is 1. The first-order chi connectivity index (χ1) is 19.0. The minimum Gasteiger partial charge on any atom is -0.488 e. The second kappa shape index (κ2) is 12.1. The van der Waals surface area contributed by atoms with Crippen LogP contribution in [0.25, 0.3) is 6.08 Å². The zero-order valence-electron chi connectivity index (χ0n) is 21.0. The predicted octanol–water partition coefficient (Wildman–Crippen LogP) is 4.92. The molecule has 0 radical (unpaired) electrons. The molecule has 2 aliphatic rings. The maximum atomic E-state index is 14.0. The molecule has 2 saturated heterocycles. The summed E-state index contributed by atoms with van der Waals surface area (Å²) in [7, 11) is 0. The zero-order valence-corrected chi connectivity index (χ0v) is 21.8. The van der Waals surface area contributed by atoms with E-state index in [1.807, 2.05) is 18.2 Å². The van der Waals surface area contributed by atoms with E-state index in [-0.39, 0.29) is 17.3 Å². The number of imide groups is 1. The van der Waals surface area contributed by atoms with E-state index in [1.165, 1.54) is 6.07 Å². The van der Waals surface area contributed by atoms with Crippen LogP contribution >= 0.6 is 11.8 Å². The molecule has 0 aromatic heterocycles. The maximum absolute atomic E-state index is 14.0.